The van der Waals surface area contributed by atoms with E-state index < -0.39 is 16.9 Å². The summed E-state index contributed by atoms with van der Waals surface area (Å²) in [5, 5.41) is -0.565. The van der Waals surface area contributed by atoms with Gasteiger partial charge in [0.25, 0.3) is 0 Å². The fourth-order valence-corrected chi connectivity index (χ4v) is 1.17. The van der Waals surface area contributed by atoms with E-state index in [0.29, 0.717) is 11.3 Å². The highest BCUT2D eigenvalue weighted by Gasteiger charge is 2.36. The molecule has 7 heteroatoms. The molecule has 1 heterocycles. The molecule has 0 aromatic carbocycles. The van der Waals surface area contributed by atoms with Crippen molar-refractivity contribution in [2.45, 2.75) is 6.18 Å². The van der Waals surface area contributed by atoms with Gasteiger partial charge in [-0.15, -0.1) is 0 Å². The third-order valence-electron chi connectivity index (χ3n) is 0.938. The molecule has 0 aliphatic heterocycles. The van der Waals surface area contributed by atoms with Gasteiger partial charge in [0.2, 0.25) is 0 Å². The van der Waals surface area contributed by atoms with E-state index in [0.717, 1.165) is 0 Å². The summed E-state index contributed by atoms with van der Waals surface area (Å²) in [6, 6.07) is 0. The second kappa shape index (κ2) is 2.26. The molecular formula is C4H4F3N3S. The van der Waals surface area contributed by atoms with Crippen LogP contribution in [0.25, 0.3) is 0 Å². The molecule has 4 N–H and O–H groups in total. The van der Waals surface area contributed by atoms with Crippen LogP contribution < -0.4 is 11.5 Å². The van der Waals surface area contributed by atoms with Crippen LogP contribution in [0, 0.1) is 0 Å². The first-order valence-corrected chi connectivity index (χ1v) is 3.32. The molecule has 0 spiro atoms. The molecule has 3 nitrogen and oxygen atoms in total. The molecule has 0 saturated carbocycles. The summed E-state index contributed by atoms with van der Waals surface area (Å²) in [6.45, 7) is 0. The van der Waals surface area contributed by atoms with Gasteiger partial charge in [0.15, 0.2) is 10.8 Å². The lowest BCUT2D eigenvalue weighted by atomic mass is 10.4. The van der Waals surface area contributed by atoms with Crippen LogP contribution in [0.15, 0.2) is 0 Å². The number of halogens is 3. The highest BCUT2D eigenvalue weighted by Crippen LogP contribution is 2.36. The standard InChI is InChI=1S/C4H4F3N3S/c5-4(6,7)1-2(8)11-3(9)10-1/h8H2,(H2,9,10). The van der Waals surface area contributed by atoms with Crippen LogP contribution in [0.2, 0.25) is 0 Å². The summed E-state index contributed by atoms with van der Waals surface area (Å²) in [5.74, 6) is 0. The number of nitrogens with two attached hydrogens (primary N) is 2. The van der Waals surface area contributed by atoms with Gasteiger partial charge in [0.05, 0.1) is 0 Å². The van der Waals surface area contributed by atoms with Crippen LogP contribution in [0.1, 0.15) is 5.69 Å². The van der Waals surface area contributed by atoms with Crippen LogP contribution in [-0.4, -0.2) is 4.98 Å². The smallest absolute Gasteiger partial charge is 0.389 e. The minimum atomic E-state index is -4.50. The van der Waals surface area contributed by atoms with Crippen LogP contribution in [0.5, 0.6) is 0 Å². The first-order chi connectivity index (χ1) is 4.91. The largest absolute Gasteiger partial charge is 0.436 e. The zero-order valence-corrected chi connectivity index (χ0v) is 5.96. The van der Waals surface area contributed by atoms with Crippen molar-refractivity contribution >= 4 is 21.5 Å². The average Bonchev–Trinajstić information content (AvgIpc) is 2.08. The predicted octanol–water partition coefficient (Wildman–Crippen LogP) is 1.33. The fourth-order valence-electron chi connectivity index (χ4n) is 0.552. The van der Waals surface area contributed by atoms with Crippen molar-refractivity contribution < 1.29 is 13.2 Å². The SMILES string of the molecule is Nc1nc(C(F)(F)F)c(N)s1. The minimum Gasteiger partial charge on any atom is -0.389 e. The molecule has 1 aromatic heterocycles. The van der Waals surface area contributed by atoms with Crippen molar-refractivity contribution in [1.29, 1.82) is 0 Å². The Kier molecular flexibility index (Phi) is 1.67. The predicted molar refractivity (Wildman–Crippen MR) is 35.9 cm³/mol. The van der Waals surface area contributed by atoms with E-state index in [1.165, 1.54) is 0 Å². The van der Waals surface area contributed by atoms with Gasteiger partial charge >= 0.3 is 6.18 Å². The maximum Gasteiger partial charge on any atom is 0.436 e. The molecule has 1 rings (SSSR count). The highest BCUT2D eigenvalue weighted by molar-refractivity contribution is 7.19. The third kappa shape index (κ3) is 1.53. The molecule has 0 fully saturated rings. The van der Waals surface area contributed by atoms with Gasteiger partial charge in [-0.2, -0.15) is 13.2 Å². The first kappa shape index (κ1) is 8.12. The second-order valence-electron chi connectivity index (χ2n) is 1.76. The molecule has 1 aromatic rings. The van der Waals surface area contributed by atoms with Gasteiger partial charge in [0.1, 0.15) is 5.00 Å². The number of aromatic nitrogens is 1. The monoisotopic (exact) mass is 183 g/mol. The lowest BCUT2D eigenvalue weighted by molar-refractivity contribution is -0.140. The zero-order valence-electron chi connectivity index (χ0n) is 5.14. The van der Waals surface area contributed by atoms with Crippen LogP contribution in [0.4, 0.5) is 23.3 Å². The summed E-state index contributed by atoms with van der Waals surface area (Å²) in [5.41, 5.74) is 8.89. The molecule has 0 radical (unpaired) electrons. The number of hydrogen-bond acceptors (Lipinski definition) is 4. The van der Waals surface area contributed by atoms with Gasteiger partial charge in [-0.1, -0.05) is 11.3 Å². The summed E-state index contributed by atoms with van der Waals surface area (Å²) in [7, 11) is 0. The van der Waals surface area contributed by atoms with Crippen molar-refractivity contribution in [2.75, 3.05) is 11.5 Å². The lowest BCUT2D eigenvalue weighted by Gasteiger charge is -2.01. The van der Waals surface area contributed by atoms with Crippen molar-refractivity contribution in [2.24, 2.45) is 0 Å². The Hall–Kier alpha value is -0.980. The lowest BCUT2D eigenvalue weighted by Crippen LogP contribution is -2.08. The van der Waals surface area contributed by atoms with Gasteiger partial charge in [0, 0.05) is 0 Å². The minimum absolute atomic E-state index is 0.171. The van der Waals surface area contributed by atoms with Gasteiger partial charge < -0.3 is 11.5 Å². The number of hydrogen-bond donors (Lipinski definition) is 2. The number of nitrogen functional groups attached to an aromatic ring is 2. The van der Waals surface area contributed by atoms with E-state index in [2.05, 4.69) is 4.98 Å². The molecule has 0 saturated heterocycles. The van der Waals surface area contributed by atoms with E-state index in [-0.39, 0.29) is 5.13 Å². The summed E-state index contributed by atoms with van der Waals surface area (Å²) in [4.78, 5) is 3.03. The summed E-state index contributed by atoms with van der Waals surface area (Å²) >= 11 is 0.621. The van der Waals surface area contributed by atoms with Crippen LogP contribution >= 0.6 is 11.3 Å². The number of nitrogens with zero attached hydrogens (tertiary/aromatic N) is 1. The Morgan fingerprint density at radius 1 is 1.27 bits per heavy atom. The van der Waals surface area contributed by atoms with Crippen LogP contribution in [-0.2, 0) is 6.18 Å². The topological polar surface area (TPSA) is 64.9 Å². The Morgan fingerprint density at radius 2 is 1.82 bits per heavy atom. The van der Waals surface area contributed by atoms with E-state index in [4.69, 9.17) is 11.5 Å². The Bertz CT molecular complexity index is 266. The molecule has 0 aliphatic rings. The normalized spacial score (nSPS) is 11.9. The fraction of sp³-hybridized carbons (Fsp3) is 0.250. The van der Waals surface area contributed by atoms with Gasteiger partial charge in [-0.25, -0.2) is 4.98 Å². The maximum atomic E-state index is 11.9. The number of thiazole rings is 1. The van der Waals surface area contributed by atoms with Crippen molar-refractivity contribution in [1.82, 2.24) is 4.98 Å². The van der Waals surface area contributed by atoms with E-state index >= 15 is 0 Å². The number of alkyl halides is 3. The molecule has 0 amide bonds. The molecule has 0 bridgehead atoms. The van der Waals surface area contributed by atoms with E-state index in [1.54, 1.807) is 0 Å². The second-order valence-corrected chi connectivity index (χ2v) is 2.82. The molecule has 62 valence electrons. The van der Waals surface area contributed by atoms with E-state index in [1.807, 2.05) is 0 Å². The molecule has 11 heavy (non-hydrogen) atoms. The van der Waals surface area contributed by atoms with E-state index in [9.17, 15) is 13.2 Å². The highest BCUT2D eigenvalue weighted by atomic mass is 32.1. The molecule has 0 aliphatic carbocycles. The average molecular weight is 183 g/mol. The quantitative estimate of drug-likeness (QED) is 0.637. The summed E-state index contributed by atoms with van der Waals surface area (Å²) in [6.07, 6.45) is -4.50. The molecule has 0 atom stereocenters. The third-order valence-corrected chi connectivity index (χ3v) is 1.65. The Labute approximate surface area is 63.8 Å². The molecule has 0 unspecified atom stereocenters. The Balaban J connectivity index is 3.13. The van der Waals surface area contributed by atoms with Crippen molar-refractivity contribution in [3.63, 3.8) is 0 Å². The van der Waals surface area contributed by atoms with Gasteiger partial charge in [-0.05, 0) is 0 Å². The van der Waals surface area contributed by atoms with Crippen molar-refractivity contribution in [3.05, 3.63) is 5.69 Å². The van der Waals surface area contributed by atoms with Crippen molar-refractivity contribution in [3.8, 4) is 0 Å². The molecular weight excluding hydrogens is 179 g/mol. The van der Waals surface area contributed by atoms with Gasteiger partial charge in [-0.3, -0.25) is 0 Å². The summed E-state index contributed by atoms with van der Waals surface area (Å²) < 4.78 is 35.6. The first-order valence-electron chi connectivity index (χ1n) is 2.50. The Morgan fingerprint density at radius 3 is 2.00 bits per heavy atom. The number of rotatable bonds is 0. The van der Waals surface area contributed by atoms with Crippen LogP contribution in [0.3, 0.4) is 0 Å². The zero-order chi connectivity index (χ0) is 8.65. The maximum absolute atomic E-state index is 11.9. The number of anilines is 2.